The van der Waals surface area contributed by atoms with Gasteiger partial charge in [0.05, 0.1) is 19.2 Å². The fourth-order valence-electron chi connectivity index (χ4n) is 3.79. The molecule has 7 nitrogen and oxygen atoms in total. The Hall–Kier alpha value is -2.93. The first-order valence-electron chi connectivity index (χ1n) is 9.86. The molecule has 1 saturated heterocycles. The summed E-state index contributed by atoms with van der Waals surface area (Å²) in [6.45, 7) is 3.94. The molecular weight excluding hydrogens is 370 g/mol. The number of methoxy groups -OCH3 is 1. The van der Waals surface area contributed by atoms with Crippen molar-refractivity contribution in [3.8, 4) is 16.9 Å². The maximum absolute atomic E-state index is 13.0. The lowest BCUT2D eigenvalue weighted by Gasteiger charge is -2.37. The average Bonchev–Trinajstić information content (AvgIpc) is 2.77. The summed E-state index contributed by atoms with van der Waals surface area (Å²) in [5.74, 6) is -0.0693. The number of nitrogens with zero attached hydrogens (tertiary/aromatic N) is 3. The van der Waals surface area contributed by atoms with Gasteiger partial charge in [-0.3, -0.25) is 19.5 Å². The predicted molar refractivity (Wildman–Crippen MR) is 110 cm³/mol. The van der Waals surface area contributed by atoms with Gasteiger partial charge in [0.2, 0.25) is 0 Å². The molecule has 7 heteroatoms. The van der Waals surface area contributed by atoms with Gasteiger partial charge < -0.3 is 14.7 Å². The number of rotatable bonds is 7. The summed E-state index contributed by atoms with van der Waals surface area (Å²) in [5.41, 5.74) is 2.42. The van der Waals surface area contributed by atoms with Crippen molar-refractivity contribution >= 4 is 11.9 Å². The number of benzene rings is 1. The molecule has 1 N–H and O–H groups in total. The van der Waals surface area contributed by atoms with Gasteiger partial charge in [-0.05, 0) is 43.1 Å². The van der Waals surface area contributed by atoms with Gasteiger partial charge in [0.25, 0.3) is 5.91 Å². The minimum atomic E-state index is -0.813. The van der Waals surface area contributed by atoms with E-state index >= 15 is 0 Å². The molecule has 29 heavy (non-hydrogen) atoms. The highest BCUT2D eigenvalue weighted by molar-refractivity contribution is 5.95. The zero-order valence-electron chi connectivity index (χ0n) is 16.9. The third-order valence-electron chi connectivity index (χ3n) is 5.42. The van der Waals surface area contributed by atoms with E-state index in [-0.39, 0.29) is 18.5 Å². The molecule has 0 saturated carbocycles. The Morgan fingerprint density at radius 2 is 1.86 bits per heavy atom. The summed E-state index contributed by atoms with van der Waals surface area (Å²) in [7, 11) is 1.63. The highest BCUT2D eigenvalue weighted by Crippen LogP contribution is 2.24. The standard InChI is InChI=1S/C22H27N3O4/c1-3-24(15-21(26)27)19-8-10-25(11-9-19)22(28)18-12-17(13-23-14-18)16-4-6-20(29-2)7-5-16/h4-7,12-14,19H,3,8-11,15H2,1-2H3,(H,26,27). The van der Waals surface area contributed by atoms with Crippen molar-refractivity contribution in [2.24, 2.45) is 0 Å². The van der Waals surface area contributed by atoms with Crippen LogP contribution in [0.5, 0.6) is 5.75 Å². The Morgan fingerprint density at radius 3 is 2.45 bits per heavy atom. The number of piperidine rings is 1. The number of likely N-dealkylation sites (N-methyl/N-ethyl adjacent to an activating group) is 1. The minimum Gasteiger partial charge on any atom is -0.497 e. The number of carboxylic acid groups (broad SMARTS) is 1. The molecule has 0 bridgehead atoms. The molecule has 1 aliphatic rings. The third kappa shape index (κ3) is 5.12. The van der Waals surface area contributed by atoms with Crippen LogP contribution in [0.25, 0.3) is 11.1 Å². The van der Waals surface area contributed by atoms with Crippen molar-refractivity contribution < 1.29 is 19.4 Å². The summed E-state index contributed by atoms with van der Waals surface area (Å²) in [4.78, 5) is 32.1. The summed E-state index contributed by atoms with van der Waals surface area (Å²) >= 11 is 0. The van der Waals surface area contributed by atoms with Gasteiger partial charge in [-0.2, -0.15) is 0 Å². The van der Waals surface area contributed by atoms with Crippen LogP contribution in [0.3, 0.4) is 0 Å². The molecule has 0 unspecified atom stereocenters. The number of carbonyl (C=O) groups is 2. The van der Waals surface area contributed by atoms with Gasteiger partial charge in [-0.1, -0.05) is 19.1 Å². The van der Waals surface area contributed by atoms with Crippen LogP contribution >= 0.6 is 0 Å². The zero-order valence-corrected chi connectivity index (χ0v) is 16.9. The monoisotopic (exact) mass is 397 g/mol. The smallest absolute Gasteiger partial charge is 0.317 e. The number of aliphatic carboxylic acids is 1. The molecule has 0 aliphatic carbocycles. The minimum absolute atomic E-state index is 0.0346. The average molecular weight is 397 g/mol. The Labute approximate surface area is 170 Å². The lowest BCUT2D eigenvalue weighted by Crippen LogP contribution is -2.48. The van der Waals surface area contributed by atoms with E-state index in [0.717, 1.165) is 29.7 Å². The van der Waals surface area contributed by atoms with Crippen molar-refractivity contribution in [1.82, 2.24) is 14.8 Å². The second-order valence-corrected chi connectivity index (χ2v) is 7.17. The molecule has 1 fully saturated rings. The molecular formula is C22H27N3O4. The highest BCUT2D eigenvalue weighted by atomic mass is 16.5. The normalized spacial score (nSPS) is 14.8. The Morgan fingerprint density at radius 1 is 1.17 bits per heavy atom. The summed E-state index contributed by atoms with van der Waals surface area (Å²) in [6.07, 6.45) is 4.90. The van der Waals surface area contributed by atoms with Gasteiger partial charge in [0.1, 0.15) is 5.75 Å². The molecule has 2 heterocycles. The van der Waals surface area contributed by atoms with Crippen molar-refractivity contribution in [3.05, 3.63) is 48.3 Å². The van der Waals surface area contributed by atoms with Crippen LogP contribution in [0.4, 0.5) is 0 Å². The number of carboxylic acids is 1. The lowest BCUT2D eigenvalue weighted by molar-refractivity contribution is -0.139. The maximum atomic E-state index is 13.0. The first kappa shape index (κ1) is 20.8. The third-order valence-corrected chi connectivity index (χ3v) is 5.42. The molecule has 1 aliphatic heterocycles. The zero-order chi connectivity index (χ0) is 20.8. The van der Waals surface area contributed by atoms with Gasteiger partial charge >= 0.3 is 5.97 Å². The second-order valence-electron chi connectivity index (χ2n) is 7.17. The van der Waals surface area contributed by atoms with Crippen LogP contribution in [0.1, 0.15) is 30.1 Å². The van der Waals surface area contributed by atoms with Crippen molar-refractivity contribution in [1.29, 1.82) is 0 Å². The molecule has 1 aromatic heterocycles. The molecule has 2 aromatic rings. The van der Waals surface area contributed by atoms with Crippen molar-refractivity contribution in [3.63, 3.8) is 0 Å². The summed E-state index contributed by atoms with van der Waals surface area (Å²) in [5, 5.41) is 9.06. The maximum Gasteiger partial charge on any atom is 0.317 e. The van der Waals surface area contributed by atoms with Crippen LogP contribution in [-0.2, 0) is 4.79 Å². The van der Waals surface area contributed by atoms with Crippen LogP contribution in [0.15, 0.2) is 42.7 Å². The number of pyridine rings is 1. The van der Waals surface area contributed by atoms with E-state index in [0.29, 0.717) is 25.2 Å². The molecule has 3 rings (SSSR count). The number of carbonyl (C=O) groups excluding carboxylic acids is 1. The van der Waals surface area contributed by atoms with Gasteiger partial charge in [-0.15, -0.1) is 0 Å². The van der Waals surface area contributed by atoms with Crippen LogP contribution in [0.2, 0.25) is 0 Å². The van der Waals surface area contributed by atoms with E-state index in [9.17, 15) is 9.59 Å². The summed E-state index contributed by atoms with van der Waals surface area (Å²) in [6, 6.07) is 9.71. The molecule has 1 aromatic carbocycles. The predicted octanol–water partition coefficient (Wildman–Crippen LogP) is 2.77. The SMILES string of the molecule is CCN(CC(=O)O)C1CCN(C(=O)c2cncc(-c3ccc(OC)cc3)c2)CC1. The number of amides is 1. The summed E-state index contributed by atoms with van der Waals surface area (Å²) < 4.78 is 5.19. The molecule has 0 radical (unpaired) electrons. The number of aromatic nitrogens is 1. The quantitative estimate of drug-likeness (QED) is 0.774. The number of likely N-dealkylation sites (tertiary alicyclic amines) is 1. The Balaban J connectivity index is 1.66. The van der Waals surface area contributed by atoms with E-state index in [1.54, 1.807) is 19.5 Å². The Bertz CT molecular complexity index is 845. The van der Waals surface area contributed by atoms with Crippen LogP contribution in [0, 0.1) is 0 Å². The van der Waals surface area contributed by atoms with Gasteiger partial charge in [-0.25, -0.2) is 0 Å². The molecule has 0 atom stereocenters. The first-order valence-corrected chi connectivity index (χ1v) is 9.86. The molecule has 0 spiro atoms. The largest absolute Gasteiger partial charge is 0.497 e. The van der Waals surface area contributed by atoms with Crippen LogP contribution < -0.4 is 4.74 Å². The lowest BCUT2D eigenvalue weighted by atomic mass is 10.0. The number of ether oxygens (including phenoxy) is 1. The van der Waals surface area contributed by atoms with Crippen LogP contribution in [-0.4, -0.2) is 71.1 Å². The van der Waals surface area contributed by atoms with Crippen molar-refractivity contribution in [2.45, 2.75) is 25.8 Å². The second kappa shape index (κ2) is 9.52. The van der Waals surface area contributed by atoms with Crippen molar-refractivity contribution in [2.75, 3.05) is 33.3 Å². The van der Waals surface area contributed by atoms with E-state index < -0.39 is 5.97 Å². The van der Waals surface area contributed by atoms with E-state index in [1.165, 1.54) is 0 Å². The number of hydrogen-bond donors (Lipinski definition) is 1. The fraction of sp³-hybridized carbons (Fsp3) is 0.409. The topological polar surface area (TPSA) is 83.0 Å². The van der Waals surface area contributed by atoms with Gasteiger partial charge in [0.15, 0.2) is 0 Å². The number of hydrogen-bond acceptors (Lipinski definition) is 5. The molecule has 154 valence electrons. The van der Waals surface area contributed by atoms with Gasteiger partial charge in [0, 0.05) is 37.1 Å². The Kier molecular flexibility index (Phi) is 6.82. The first-order chi connectivity index (χ1) is 14.0. The highest BCUT2D eigenvalue weighted by Gasteiger charge is 2.27. The van der Waals surface area contributed by atoms with E-state index in [2.05, 4.69) is 4.98 Å². The molecule has 1 amide bonds. The fourth-order valence-corrected chi connectivity index (χ4v) is 3.79. The van der Waals surface area contributed by atoms with E-state index in [1.807, 2.05) is 47.1 Å². The van der Waals surface area contributed by atoms with E-state index in [4.69, 9.17) is 9.84 Å².